The van der Waals surface area contributed by atoms with Crippen molar-refractivity contribution in [3.63, 3.8) is 0 Å². The van der Waals surface area contributed by atoms with Crippen LogP contribution in [0.2, 0.25) is 0 Å². The first-order valence-corrected chi connectivity index (χ1v) is 6.37. The van der Waals surface area contributed by atoms with Gasteiger partial charge < -0.3 is 4.90 Å². The fourth-order valence-electron chi connectivity index (χ4n) is 2.35. The van der Waals surface area contributed by atoms with E-state index in [0.717, 1.165) is 11.1 Å². The molecule has 2 aromatic carbocycles. The lowest BCUT2D eigenvalue weighted by molar-refractivity contribution is -0.114. The van der Waals surface area contributed by atoms with Crippen LogP contribution in [0, 0.1) is 0 Å². The second-order valence-electron chi connectivity index (χ2n) is 4.68. The first-order chi connectivity index (χ1) is 9.70. The van der Waals surface area contributed by atoms with Crippen LogP contribution >= 0.6 is 0 Å². The first kappa shape index (κ1) is 12.4. The minimum Gasteiger partial charge on any atom is -0.300 e. The van der Waals surface area contributed by atoms with Crippen LogP contribution in [0.25, 0.3) is 6.08 Å². The van der Waals surface area contributed by atoms with Gasteiger partial charge in [0.05, 0.1) is 17.8 Å². The van der Waals surface area contributed by atoms with Crippen molar-refractivity contribution in [3.05, 3.63) is 71.8 Å². The van der Waals surface area contributed by atoms with Crippen molar-refractivity contribution in [1.82, 2.24) is 0 Å². The number of Topliss-reactive ketones (excluding diaryl/α,β-unsaturated/α-hetero) is 1. The zero-order valence-electron chi connectivity index (χ0n) is 10.9. The molecule has 2 aromatic rings. The summed E-state index contributed by atoms with van der Waals surface area (Å²) in [6.07, 6.45) is 1.77. The van der Waals surface area contributed by atoms with Crippen molar-refractivity contribution in [2.45, 2.75) is 6.54 Å². The number of hydrogen-bond acceptors (Lipinski definition) is 2. The molecule has 1 heterocycles. The maximum atomic E-state index is 12.0. The summed E-state index contributed by atoms with van der Waals surface area (Å²) in [6.45, 7) is 4.11. The van der Waals surface area contributed by atoms with E-state index in [-0.39, 0.29) is 0 Å². The summed E-state index contributed by atoms with van der Waals surface area (Å²) in [5.74, 6) is -0.887. The molecular weight excluding hydrogens is 250 g/mol. The SMILES string of the molecule is C=Cc1ccc(CN2C(=O)C(=O)c3ccccc32)cc1. The molecule has 98 valence electrons. The highest BCUT2D eigenvalue weighted by molar-refractivity contribution is 6.52. The quantitative estimate of drug-likeness (QED) is 0.798. The molecular formula is C17H13NO2. The van der Waals surface area contributed by atoms with Gasteiger partial charge in [0.15, 0.2) is 0 Å². The van der Waals surface area contributed by atoms with Gasteiger partial charge in [0, 0.05) is 0 Å². The molecule has 0 bridgehead atoms. The number of amides is 1. The molecule has 0 radical (unpaired) electrons. The highest BCUT2D eigenvalue weighted by atomic mass is 16.2. The molecule has 3 heteroatoms. The van der Waals surface area contributed by atoms with Crippen LogP contribution in [0.3, 0.4) is 0 Å². The van der Waals surface area contributed by atoms with Crippen LogP contribution < -0.4 is 4.90 Å². The summed E-state index contributed by atoms with van der Waals surface area (Å²) in [5, 5.41) is 0. The summed E-state index contributed by atoms with van der Waals surface area (Å²) in [7, 11) is 0. The number of hydrogen-bond donors (Lipinski definition) is 0. The Balaban J connectivity index is 1.92. The minimum atomic E-state index is -0.459. The average Bonchev–Trinajstić information content (AvgIpc) is 2.74. The van der Waals surface area contributed by atoms with E-state index in [2.05, 4.69) is 6.58 Å². The molecule has 1 aliphatic rings. The molecule has 3 rings (SSSR count). The Morgan fingerprint density at radius 2 is 1.70 bits per heavy atom. The molecule has 0 saturated heterocycles. The Morgan fingerprint density at radius 3 is 2.40 bits per heavy atom. The van der Waals surface area contributed by atoms with Crippen molar-refractivity contribution >= 4 is 23.5 Å². The molecule has 0 aromatic heterocycles. The monoisotopic (exact) mass is 263 g/mol. The maximum Gasteiger partial charge on any atom is 0.299 e. The Hall–Kier alpha value is -2.68. The van der Waals surface area contributed by atoms with Gasteiger partial charge in [-0.2, -0.15) is 0 Å². The van der Waals surface area contributed by atoms with Crippen molar-refractivity contribution in [3.8, 4) is 0 Å². The van der Waals surface area contributed by atoms with Crippen LogP contribution in [0.5, 0.6) is 0 Å². The number of nitrogens with zero attached hydrogens (tertiary/aromatic N) is 1. The normalized spacial score (nSPS) is 13.5. The van der Waals surface area contributed by atoms with E-state index in [1.165, 1.54) is 4.90 Å². The molecule has 0 saturated carbocycles. The van der Waals surface area contributed by atoms with Crippen molar-refractivity contribution in [2.24, 2.45) is 0 Å². The Bertz CT molecular complexity index is 701. The van der Waals surface area contributed by atoms with Gasteiger partial charge in [0.2, 0.25) is 0 Å². The van der Waals surface area contributed by atoms with Gasteiger partial charge in [-0.3, -0.25) is 9.59 Å². The highest BCUT2D eigenvalue weighted by Crippen LogP contribution is 2.29. The molecule has 0 spiro atoms. The van der Waals surface area contributed by atoms with Crippen LogP contribution in [0.4, 0.5) is 5.69 Å². The molecule has 1 aliphatic heterocycles. The highest BCUT2D eigenvalue weighted by Gasteiger charge is 2.35. The van der Waals surface area contributed by atoms with Gasteiger partial charge in [-0.25, -0.2) is 0 Å². The van der Waals surface area contributed by atoms with Gasteiger partial charge >= 0.3 is 0 Å². The number of ketones is 1. The van der Waals surface area contributed by atoms with Gasteiger partial charge in [-0.15, -0.1) is 0 Å². The van der Waals surface area contributed by atoms with E-state index < -0.39 is 11.7 Å². The van der Waals surface area contributed by atoms with E-state index in [4.69, 9.17) is 0 Å². The first-order valence-electron chi connectivity index (χ1n) is 6.37. The number of rotatable bonds is 3. The smallest absolute Gasteiger partial charge is 0.299 e. The summed E-state index contributed by atoms with van der Waals surface area (Å²) in [5.41, 5.74) is 3.18. The average molecular weight is 263 g/mol. The lowest BCUT2D eigenvalue weighted by Gasteiger charge is -2.16. The molecule has 0 atom stereocenters. The predicted molar refractivity (Wildman–Crippen MR) is 78.5 cm³/mol. The van der Waals surface area contributed by atoms with E-state index in [9.17, 15) is 9.59 Å². The second-order valence-corrected chi connectivity index (χ2v) is 4.68. The predicted octanol–water partition coefficient (Wildman–Crippen LogP) is 3.06. The molecule has 0 N–H and O–H groups in total. The standard InChI is InChI=1S/C17H13NO2/c1-2-12-7-9-13(10-8-12)11-18-15-6-4-3-5-14(15)16(19)17(18)20/h2-10H,1,11H2. The van der Waals surface area contributed by atoms with Crippen LogP contribution in [0.15, 0.2) is 55.1 Å². The third kappa shape index (κ3) is 1.93. The van der Waals surface area contributed by atoms with Gasteiger partial charge in [0.1, 0.15) is 0 Å². The second kappa shape index (κ2) is 4.78. The Kier molecular flexibility index (Phi) is 2.95. The fourth-order valence-corrected chi connectivity index (χ4v) is 2.35. The minimum absolute atomic E-state index is 0.402. The lowest BCUT2D eigenvalue weighted by Crippen LogP contribution is -2.29. The summed E-state index contributed by atoms with van der Waals surface area (Å²) in [6, 6.07) is 14.9. The van der Waals surface area contributed by atoms with Crippen LogP contribution in [0.1, 0.15) is 21.5 Å². The van der Waals surface area contributed by atoms with E-state index >= 15 is 0 Å². The zero-order chi connectivity index (χ0) is 14.1. The number of carbonyl (C=O) groups excluding carboxylic acids is 2. The summed E-state index contributed by atoms with van der Waals surface area (Å²) >= 11 is 0. The van der Waals surface area contributed by atoms with Gasteiger partial charge in [-0.1, -0.05) is 49.1 Å². The molecule has 20 heavy (non-hydrogen) atoms. The molecule has 0 unspecified atom stereocenters. The fraction of sp³-hybridized carbons (Fsp3) is 0.0588. The Morgan fingerprint density at radius 1 is 1.00 bits per heavy atom. The summed E-state index contributed by atoms with van der Waals surface area (Å²) < 4.78 is 0. The maximum absolute atomic E-state index is 12.0. The number of benzene rings is 2. The topological polar surface area (TPSA) is 37.4 Å². The number of para-hydroxylation sites is 1. The van der Waals surface area contributed by atoms with Crippen molar-refractivity contribution < 1.29 is 9.59 Å². The molecule has 1 amide bonds. The van der Waals surface area contributed by atoms with E-state index in [1.807, 2.05) is 30.3 Å². The molecule has 0 fully saturated rings. The number of anilines is 1. The number of carbonyl (C=O) groups is 2. The lowest BCUT2D eigenvalue weighted by atomic mass is 10.1. The number of fused-ring (bicyclic) bond motifs is 1. The third-order valence-electron chi connectivity index (χ3n) is 3.43. The van der Waals surface area contributed by atoms with Gasteiger partial charge in [0.25, 0.3) is 11.7 Å². The molecule has 3 nitrogen and oxygen atoms in total. The van der Waals surface area contributed by atoms with Crippen molar-refractivity contribution in [2.75, 3.05) is 4.90 Å². The zero-order valence-corrected chi connectivity index (χ0v) is 10.9. The van der Waals surface area contributed by atoms with Crippen LogP contribution in [-0.2, 0) is 11.3 Å². The Labute approximate surface area is 117 Å². The van der Waals surface area contributed by atoms with Crippen LogP contribution in [-0.4, -0.2) is 11.7 Å². The summed E-state index contributed by atoms with van der Waals surface area (Å²) in [4.78, 5) is 25.5. The largest absolute Gasteiger partial charge is 0.300 e. The van der Waals surface area contributed by atoms with Crippen molar-refractivity contribution in [1.29, 1.82) is 0 Å². The molecule has 0 aliphatic carbocycles. The van der Waals surface area contributed by atoms with E-state index in [1.54, 1.807) is 24.3 Å². The third-order valence-corrected chi connectivity index (χ3v) is 3.43. The van der Waals surface area contributed by atoms with E-state index in [0.29, 0.717) is 17.8 Å². The van der Waals surface area contributed by atoms with Gasteiger partial charge in [-0.05, 0) is 23.3 Å².